The van der Waals surface area contributed by atoms with Crippen molar-refractivity contribution in [3.8, 4) is 0 Å². The van der Waals surface area contributed by atoms with Crippen molar-refractivity contribution in [3.63, 3.8) is 0 Å². The lowest BCUT2D eigenvalue weighted by atomic mass is 10.00. The van der Waals surface area contributed by atoms with E-state index < -0.39 is 5.82 Å². The van der Waals surface area contributed by atoms with Gasteiger partial charge in [0.1, 0.15) is 5.82 Å². The van der Waals surface area contributed by atoms with Crippen molar-refractivity contribution in [2.24, 2.45) is 11.8 Å². The van der Waals surface area contributed by atoms with E-state index in [9.17, 15) is 14.3 Å². The molecule has 1 aliphatic heterocycles. The molecular formula is C14H17FN2O2. The lowest BCUT2D eigenvalue weighted by Crippen LogP contribution is -2.31. The second kappa shape index (κ2) is 4.49. The number of anilines is 1. The Morgan fingerprint density at radius 2 is 2.16 bits per heavy atom. The van der Waals surface area contributed by atoms with Gasteiger partial charge in [-0.15, -0.1) is 0 Å². The number of carbonyl (C=O) groups is 1. The third-order valence-electron chi connectivity index (χ3n) is 4.35. The number of fused-ring (bicyclic) bond motifs is 1. The van der Waals surface area contributed by atoms with Gasteiger partial charge in [-0.05, 0) is 37.0 Å². The number of benzene rings is 1. The van der Waals surface area contributed by atoms with Crippen LogP contribution in [0.3, 0.4) is 0 Å². The Bertz CT molecular complexity index is 520. The fourth-order valence-corrected chi connectivity index (χ4v) is 3.26. The Morgan fingerprint density at radius 3 is 2.84 bits per heavy atom. The summed E-state index contributed by atoms with van der Waals surface area (Å²) in [5.41, 5.74) is 5.89. The molecule has 0 bridgehead atoms. The average molecular weight is 264 g/mol. The molecule has 1 aromatic carbocycles. The van der Waals surface area contributed by atoms with Crippen molar-refractivity contribution in [2.45, 2.75) is 18.9 Å². The minimum absolute atomic E-state index is 0.00900. The summed E-state index contributed by atoms with van der Waals surface area (Å²) in [6.45, 7) is 1.26. The van der Waals surface area contributed by atoms with Gasteiger partial charge in [0, 0.05) is 24.6 Å². The molecule has 2 aliphatic rings. The number of nitrogens with two attached hydrogens (primary N) is 1. The maximum absolute atomic E-state index is 13.1. The maximum Gasteiger partial charge on any atom is 0.253 e. The molecule has 3 N–H and O–H groups in total. The topological polar surface area (TPSA) is 66.6 Å². The van der Waals surface area contributed by atoms with Crippen LogP contribution >= 0.6 is 0 Å². The van der Waals surface area contributed by atoms with Crippen LogP contribution in [-0.2, 0) is 0 Å². The van der Waals surface area contributed by atoms with Gasteiger partial charge in [-0.1, -0.05) is 0 Å². The van der Waals surface area contributed by atoms with E-state index in [1.165, 1.54) is 18.2 Å². The SMILES string of the molecule is Nc1cc(C(=O)N2CC3CCC(O)C3C2)ccc1F. The number of hydrogen-bond donors (Lipinski definition) is 2. The van der Waals surface area contributed by atoms with Gasteiger partial charge in [-0.3, -0.25) is 4.79 Å². The van der Waals surface area contributed by atoms with Crippen LogP contribution in [-0.4, -0.2) is 35.1 Å². The van der Waals surface area contributed by atoms with E-state index in [1.54, 1.807) is 4.90 Å². The van der Waals surface area contributed by atoms with Crippen molar-refractivity contribution < 1.29 is 14.3 Å². The van der Waals surface area contributed by atoms with Crippen LogP contribution in [0.5, 0.6) is 0 Å². The number of rotatable bonds is 1. The highest BCUT2D eigenvalue weighted by Gasteiger charge is 2.43. The molecule has 1 saturated carbocycles. The zero-order valence-electron chi connectivity index (χ0n) is 10.6. The standard InChI is InChI=1S/C14H17FN2O2/c15-11-3-1-8(5-12(11)16)14(19)17-6-9-2-4-13(18)10(9)7-17/h1,3,5,9-10,13,18H,2,4,6-7,16H2. The molecule has 0 aromatic heterocycles. The highest BCUT2D eigenvalue weighted by atomic mass is 19.1. The smallest absolute Gasteiger partial charge is 0.253 e. The number of halogens is 1. The van der Waals surface area contributed by atoms with Crippen LogP contribution in [0.2, 0.25) is 0 Å². The summed E-state index contributed by atoms with van der Waals surface area (Å²) in [6.07, 6.45) is 1.52. The number of amides is 1. The van der Waals surface area contributed by atoms with Gasteiger partial charge in [-0.2, -0.15) is 0 Å². The van der Waals surface area contributed by atoms with Crippen molar-refractivity contribution in [2.75, 3.05) is 18.8 Å². The number of aliphatic hydroxyl groups excluding tert-OH is 1. The van der Waals surface area contributed by atoms with Gasteiger partial charge in [-0.25, -0.2) is 4.39 Å². The van der Waals surface area contributed by atoms with Gasteiger partial charge < -0.3 is 15.7 Å². The molecule has 3 atom stereocenters. The summed E-state index contributed by atoms with van der Waals surface area (Å²) in [4.78, 5) is 14.1. The summed E-state index contributed by atoms with van der Waals surface area (Å²) in [5.74, 6) is -0.0444. The molecule has 1 saturated heterocycles. The summed E-state index contributed by atoms with van der Waals surface area (Å²) in [7, 11) is 0. The summed E-state index contributed by atoms with van der Waals surface area (Å²) < 4.78 is 13.1. The van der Waals surface area contributed by atoms with Gasteiger partial charge in [0.15, 0.2) is 0 Å². The van der Waals surface area contributed by atoms with E-state index in [0.717, 1.165) is 12.8 Å². The molecule has 1 heterocycles. The number of carbonyl (C=O) groups excluding carboxylic acids is 1. The lowest BCUT2D eigenvalue weighted by molar-refractivity contribution is 0.0752. The van der Waals surface area contributed by atoms with Crippen LogP contribution < -0.4 is 5.73 Å². The number of aliphatic hydroxyl groups is 1. The second-order valence-electron chi connectivity index (χ2n) is 5.52. The van der Waals surface area contributed by atoms with Crippen LogP contribution in [0, 0.1) is 17.7 Å². The number of likely N-dealkylation sites (tertiary alicyclic amines) is 1. The molecule has 5 heteroatoms. The predicted octanol–water partition coefficient (Wildman–Crippen LogP) is 1.25. The van der Waals surface area contributed by atoms with Gasteiger partial charge >= 0.3 is 0 Å². The number of nitrogen functional groups attached to an aromatic ring is 1. The number of nitrogens with zero attached hydrogens (tertiary/aromatic N) is 1. The molecule has 2 fully saturated rings. The van der Waals surface area contributed by atoms with Crippen molar-refractivity contribution >= 4 is 11.6 Å². The molecule has 3 unspecified atom stereocenters. The number of hydrogen-bond acceptors (Lipinski definition) is 3. The van der Waals surface area contributed by atoms with E-state index >= 15 is 0 Å². The average Bonchev–Trinajstić information content (AvgIpc) is 2.95. The zero-order valence-corrected chi connectivity index (χ0v) is 10.6. The van der Waals surface area contributed by atoms with E-state index in [0.29, 0.717) is 24.6 Å². The fraction of sp³-hybridized carbons (Fsp3) is 0.500. The van der Waals surface area contributed by atoms with E-state index in [-0.39, 0.29) is 23.6 Å². The van der Waals surface area contributed by atoms with Gasteiger partial charge in [0.2, 0.25) is 0 Å². The third kappa shape index (κ3) is 2.08. The largest absolute Gasteiger partial charge is 0.396 e. The molecule has 1 amide bonds. The Balaban J connectivity index is 1.76. The Labute approximate surface area is 111 Å². The Morgan fingerprint density at radius 1 is 1.37 bits per heavy atom. The van der Waals surface area contributed by atoms with E-state index in [4.69, 9.17) is 5.73 Å². The Hall–Kier alpha value is -1.62. The molecule has 3 rings (SSSR count). The molecule has 102 valence electrons. The lowest BCUT2D eigenvalue weighted by Gasteiger charge is -2.18. The molecule has 0 spiro atoms. The fourth-order valence-electron chi connectivity index (χ4n) is 3.26. The first kappa shape index (κ1) is 12.4. The highest BCUT2D eigenvalue weighted by molar-refractivity contribution is 5.95. The molecular weight excluding hydrogens is 247 g/mol. The molecule has 4 nitrogen and oxygen atoms in total. The summed E-state index contributed by atoms with van der Waals surface area (Å²) >= 11 is 0. The minimum atomic E-state index is -0.509. The zero-order chi connectivity index (χ0) is 13.6. The summed E-state index contributed by atoms with van der Waals surface area (Å²) in [5, 5.41) is 9.84. The summed E-state index contributed by atoms with van der Waals surface area (Å²) in [6, 6.07) is 4.05. The Kier molecular flexibility index (Phi) is 2.93. The first-order valence-corrected chi connectivity index (χ1v) is 6.58. The second-order valence-corrected chi connectivity index (χ2v) is 5.52. The quantitative estimate of drug-likeness (QED) is 0.750. The van der Waals surface area contributed by atoms with Crippen LogP contribution in [0.15, 0.2) is 18.2 Å². The van der Waals surface area contributed by atoms with Crippen LogP contribution in [0.25, 0.3) is 0 Å². The predicted molar refractivity (Wildman–Crippen MR) is 68.9 cm³/mol. The monoisotopic (exact) mass is 264 g/mol. The van der Waals surface area contributed by atoms with Gasteiger partial charge in [0.25, 0.3) is 5.91 Å². The minimum Gasteiger partial charge on any atom is -0.396 e. The highest BCUT2D eigenvalue weighted by Crippen LogP contribution is 2.38. The van der Waals surface area contributed by atoms with Gasteiger partial charge in [0.05, 0.1) is 11.8 Å². The third-order valence-corrected chi connectivity index (χ3v) is 4.35. The van der Waals surface area contributed by atoms with Crippen LogP contribution in [0.1, 0.15) is 23.2 Å². The normalized spacial score (nSPS) is 29.6. The first-order chi connectivity index (χ1) is 9.06. The maximum atomic E-state index is 13.1. The van der Waals surface area contributed by atoms with Crippen LogP contribution in [0.4, 0.5) is 10.1 Å². The molecule has 1 aromatic rings. The molecule has 1 aliphatic carbocycles. The van der Waals surface area contributed by atoms with E-state index in [1.807, 2.05) is 0 Å². The van der Waals surface area contributed by atoms with Crippen molar-refractivity contribution in [3.05, 3.63) is 29.6 Å². The van der Waals surface area contributed by atoms with Crippen molar-refractivity contribution in [1.29, 1.82) is 0 Å². The van der Waals surface area contributed by atoms with E-state index in [2.05, 4.69) is 0 Å². The van der Waals surface area contributed by atoms with Crippen molar-refractivity contribution in [1.82, 2.24) is 4.90 Å². The molecule has 19 heavy (non-hydrogen) atoms. The first-order valence-electron chi connectivity index (χ1n) is 6.58. The molecule has 0 radical (unpaired) electrons.